The molecule has 1 saturated carbocycles. The molecule has 0 amide bonds. The van der Waals surface area contributed by atoms with Gasteiger partial charge in [-0.05, 0) is 45.5 Å². The van der Waals surface area contributed by atoms with Gasteiger partial charge < -0.3 is 10.2 Å². The number of para-hydroxylation sites is 1. The van der Waals surface area contributed by atoms with Crippen LogP contribution in [-0.2, 0) is 0 Å². The van der Waals surface area contributed by atoms with E-state index in [0.717, 1.165) is 17.8 Å². The first-order valence-corrected chi connectivity index (χ1v) is 6.08. The Hall–Kier alpha value is -1.53. The van der Waals surface area contributed by atoms with E-state index in [0.29, 0.717) is 0 Å². The minimum absolute atomic E-state index is 0.280. The van der Waals surface area contributed by atoms with Crippen LogP contribution in [0.1, 0.15) is 24.8 Å². The van der Waals surface area contributed by atoms with Gasteiger partial charge in [0, 0.05) is 12.1 Å². The van der Waals surface area contributed by atoms with E-state index in [9.17, 15) is 0 Å². The van der Waals surface area contributed by atoms with Gasteiger partial charge in [-0.25, -0.2) is 0 Å². The molecule has 0 unspecified atom stereocenters. The predicted octanol–water partition coefficient (Wildman–Crippen LogP) is 2.45. The van der Waals surface area contributed by atoms with Crippen LogP contribution >= 0.6 is 0 Å². The largest absolute Gasteiger partial charge is 0.382 e. The lowest BCUT2D eigenvalue weighted by Gasteiger charge is -2.47. The molecule has 90 valence electrons. The molecule has 1 N–H and O–H groups in total. The normalized spacial score (nSPS) is 17.3. The summed E-state index contributed by atoms with van der Waals surface area (Å²) in [5.74, 6) is 0. The van der Waals surface area contributed by atoms with Gasteiger partial charge >= 0.3 is 0 Å². The molecule has 0 radical (unpaired) electrons. The van der Waals surface area contributed by atoms with E-state index in [1.54, 1.807) is 0 Å². The standard InChI is InChI=1S/C14H19N3/c1-17(2)14(8-5-9-14)11-16-13-7-4-3-6-12(13)10-15/h3-4,6-7,16H,5,8-9,11H2,1-2H3. The van der Waals surface area contributed by atoms with E-state index in [4.69, 9.17) is 5.26 Å². The molecule has 0 spiro atoms. The average molecular weight is 229 g/mol. The van der Waals surface area contributed by atoms with Gasteiger partial charge in [-0.1, -0.05) is 12.1 Å². The van der Waals surface area contributed by atoms with Gasteiger partial charge in [-0.3, -0.25) is 0 Å². The van der Waals surface area contributed by atoms with Crippen molar-refractivity contribution in [3.8, 4) is 6.07 Å². The van der Waals surface area contributed by atoms with Gasteiger partial charge in [-0.2, -0.15) is 5.26 Å². The molecule has 1 aromatic rings. The van der Waals surface area contributed by atoms with Gasteiger partial charge in [0.15, 0.2) is 0 Å². The van der Waals surface area contributed by atoms with Gasteiger partial charge in [0.1, 0.15) is 6.07 Å². The van der Waals surface area contributed by atoms with Gasteiger partial charge in [0.2, 0.25) is 0 Å². The second-order valence-electron chi connectivity index (χ2n) is 4.98. The van der Waals surface area contributed by atoms with Crippen LogP contribution in [0.5, 0.6) is 0 Å². The lowest BCUT2D eigenvalue weighted by atomic mass is 9.75. The highest BCUT2D eigenvalue weighted by molar-refractivity contribution is 5.57. The number of rotatable bonds is 4. The van der Waals surface area contributed by atoms with Crippen LogP contribution in [0.15, 0.2) is 24.3 Å². The Morgan fingerprint density at radius 3 is 2.59 bits per heavy atom. The van der Waals surface area contributed by atoms with Crippen LogP contribution in [-0.4, -0.2) is 31.1 Å². The summed E-state index contributed by atoms with van der Waals surface area (Å²) in [5.41, 5.74) is 1.95. The molecular formula is C14H19N3. The van der Waals surface area contributed by atoms with E-state index >= 15 is 0 Å². The van der Waals surface area contributed by atoms with Crippen molar-refractivity contribution >= 4 is 5.69 Å². The third-order valence-electron chi connectivity index (χ3n) is 3.89. The maximum absolute atomic E-state index is 9.03. The summed E-state index contributed by atoms with van der Waals surface area (Å²) in [4.78, 5) is 2.30. The molecule has 1 aliphatic rings. The molecule has 3 nitrogen and oxygen atoms in total. The highest BCUT2D eigenvalue weighted by Gasteiger charge is 2.38. The Morgan fingerprint density at radius 2 is 2.06 bits per heavy atom. The van der Waals surface area contributed by atoms with Crippen molar-refractivity contribution in [3.05, 3.63) is 29.8 Å². The Bertz CT molecular complexity index is 427. The topological polar surface area (TPSA) is 39.1 Å². The Balaban J connectivity index is 2.05. The summed E-state index contributed by atoms with van der Waals surface area (Å²) < 4.78 is 0. The Morgan fingerprint density at radius 1 is 1.35 bits per heavy atom. The van der Waals surface area contributed by atoms with Crippen LogP contribution in [0, 0.1) is 11.3 Å². The fourth-order valence-electron chi connectivity index (χ4n) is 2.36. The quantitative estimate of drug-likeness (QED) is 0.862. The monoisotopic (exact) mass is 229 g/mol. The van der Waals surface area contributed by atoms with Crippen molar-refractivity contribution < 1.29 is 0 Å². The second kappa shape index (κ2) is 4.77. The second-order valence-corrected chi connectivity index (χ2v) is 4.98. The molecule has 0 atom stereocenters. The number of nitriles is 1. The van der Waals surface area contributed by atoms with Crippen molar-refractivity contribution in [2.75, 3.05) is 26.0 Å². The summed E-state index contributed by atoms with van der Waals surface area (Å²) >= 11 is 0. The maximum atomic E-state index is 9.03. The molecule has 17 heavy (non-hydrogen) atoms. The van der Waals surface area contributed by atoms with E-state index in [1.165, 1.54) is 19.3 Å². The summed E-state index contributed by atoms with van der Waals surface area (Å²) in [6, 6.07) is 9.91. The lowest BCUT2D eigenvalue weighted by Crippen LogP contribution is -2.54. The molecule has 2 rings (SSSR count). The molecule has 1 aromatic carbocycles. The molecule has 0 aromatic heterocycles. The Labute approximate surface area is 103 Å². The zero-order valence-corrected chi connectivity index (χ0v) is 10.5. The average Bonchev–Trinajstić information content (AvgIpc) is 2.27. The van der Waals surface area contributed by atoms with Crippen molar-refractivity contribution in [2.24, 2.45) is 0 Å². The fourth-order valence-corrected chi connectivity index (χ4v) is 2.36. The van der Waals surface area contributed by atoms with E-state index in [2.05, 4.69) is 30.4 Å². The zero-order valence-electron chi connectivity index (χ0n) is 10.5. The summed E-state index contributed by atoms with van der Waals surface area (Å²) in [5, 5.41) is 12.5. The zero-order chi connectivity index (χ0) is 12.3. The molecule has 0 aliphatic heterocycles. The molecule has 0 heterocycles. The van der Waals surface area contributed by atoms with Crippen molar-refractivity contribution in [1.29, 1.82) is 5.26 Å². The molecule has 1 fully saturated rings. The number of nitrogens with one attached hydrogen (secondary N) is 1. The van der Waals surface area contributed by atoms with E-state index < -0.39 is 0 Å². The van der Waals surface area contributed by atoms with Crippen LogP contribution in [0.2, 0.25) is 0 Å². The van der Waals surface area contributed by atoms with Crippen LogP contribution < -0.4 is 5.32 Å². The number of hydrogen-bond acceptors (Lipinski definition) is 3. The minimum Gasteiger partial charge on any atom is -0.382 e. The lowest BCUT2D eigenvalue weighted by molar-refractivity contribution is 0.0739. The third-order valence-corrected chi connectivity index (χ3v) is 3.89. The molecule has 0 bridgehead atoms. The Kier molecular flexibility index (Phi) is 3.35. The number of anilines is 1. The number of nitrogens with zero attached hydrogens (tertiary/aromatic N) is 2. The van der Waals surface area contributed by atoms with Crippen LogP contribution in [0.3, 0.4) is 0 Å². The third kappa shape index (κ3) is 2.27. The SMILES string of the molecule is CN(C)C1(CNc2ccccc2C#N)CCC1. The van der Waals surface area contributed by atoms with E-state index in [1.807, 2.05) is 24.3 Å². The summed E-state index contributed by atoms with van der Waals surface area (Å²) in [7, 11) is 4.27. The van der Waals surface area contributed by atoms with Crippen LogP contribution in [0.25, 0.3) is 0 Å². The van der Waals surface area contributed by atoms with Gasteiger partial charge in [-0.15, -0.1) is 0 Å². The molecule has 1 aliphatic carbocycles. The highest BCUT2D eigenvalue weighted by atomic mass is 15.2. The van der Waals surface area contributed by atoms with Gasteiger partial charge in [0.25, 0.3) is 0 Å². The van der Waals surface area contributed by atoms with E-state index in [-0.39, 0.29) is 5.54 Å². The minimum atomic E-state index is 0.280. The van der Waals surface area contributed by atoms with Crippen molar-refractivity contribution in [2.45, 2.75) is 24.8 Å². The highest BCUT2D eigenvalue weighted by Crippen LogP contribution is 2.36. The maximum Gasteiger partial charge on any atom is 0.101 e. The number of likely N-dealkylation sites (N-methyl/N-ethyl adjacent to an activating group) is 1. The van der Waals surface area contributed by atoms with Crippen LogP contribution in [0.4, 0.5) is 5.69 Å². The van der Waals surface area contributed by atoms with Gasteiger partial charge in [0.05, 0.1) is 11.3 Å². The van der Waals surface area contributed by atoms with Crippen molar-refractivity contribution in [3.63, 3.8) is 0 Å². The first kappa shape index (κ1) is 11.9. The number of hydrogen-bond donors (Lipinski definition) is 1. The first-order valence-electron chi connectivity index (χ1n) is 6.08. The number of benzene rings is 1. The van der Waals surface area contributed by atoms with Crippen molar-refractivity contribution in [1.82, 2.24) is 4.90 Å². The fraction of sp³-hybridized carbons (Fsp3) is 0.500. The summed E-state index contributed by atoms with van der Waals surface area (Å²) in [6.07, 6.45) is 3.78. The molecule has 3 heteroatoms. The smallest absolute Gasteiger partial charge is 0.101 e. The summed E-state index contributed by atoms with van der Waals surface area (Å²) in [6.45, 7) is 0.915. The molecule has 0 saturated heterocycles. The first-order chi connectivity index (χ1) is 8.18. The molecular weight excluding hydrogens is 210 g/mol. The predicted molar refractivity (Wildman–Crippen MR) is 69.9 cm³/mol.